The topological polar surface area (TPSA) is 44.8 Å². The molecule has 3 rings (SSSR count). The molecule has 148 valence electrons. The van der Waals surface area contributed by atoms with Gasteiger partial charge in [0, 0.05) is 37.8 Å². The number of rotatable bonds is 4. The molecule has 0 radical (unpaired) electrons. The van der Waals surface area contributed by atoms with E-state index in [2.05, 4.69) is 22.0 Å². The van der Waals surface area contributed by atoms with Crippen molar-refractivity contribution in [2.75, 3.05) is 38.1 Å². The summed E-state index contributed by atoms with van der Waals surface area (Å²) in [6.45, 7) is 8.44. The van der Waals surface area contributed by atoms with Crippen molar-refractivity contribution in [3.8, 4) is 5.75 Å². The van der Waals surface area contributed by atoms with Crippen LogP contribution in [0.1, 0.15) is 39.5 Å². The number of amides is 1. The molecule has 2 aliphatic heterocycles. The summed E-state index contributed by atoms with van der Waals surface area (Å²) in [6, 6.07) is 7.84. The van der Waals surface area contributed by atoms with E-state index in [4.69, 9.17) is 17.0 Å². The fourth-order valence-electron chi connectivity index (χ4n) is 3.82. The van der Waals surface area contributed by atoms with Gasteiger partial charge in [0.2, 0.25) is 5.91 Å². The van der Waals surface area contributed by atoms with Gasteiger partial charge in [0.25, 0.3) is 0 Å². The van der Waals surface area contributed by atoms with E-state index in [1.807, 2.05) is 31.2 Å². The SMILES string of the molecule is CCOc1ccc(NC(=S)N2CCC(C(=O)N3CCC(C)CC3)CC2)cc1. The quantitative estimate of drug-likeness (QED) is 0.795. The Hall–Kier alpha value is -1.82. The number of thiocarbonyl (C=S) groups is 1. The highest BCUT2D eigenvalue weighted by Gasteiger charge is 2.30. The predicted octanol–water partition coefficient (Wildman–Crippen LogP) is 3.75. The zero-order chi connectivity index (χ0) is 19.2. The highest BCUT2D eigenvalue weighted by atomic mass is 32.1. The van der Waals surface area contributed by atoms with E-state index >= 15 is 0 Å². The van der Waals surface area contributed by atoms with Gasteiger partial charge in [-0.2, -0.15) is 0 Å². The first-order valence-corrected chi connectivity index (χ1v) is 10.5. The molecule has 2 saturated heterocycles. The Kier molecular flexibility index (Phi) is 6.94. The van der Waals surface area contributed by atoms with E-state index in [0.29, 0.717) is 12.5 Å². The number of nitrogens with one attached hydrogen (secondary N) is 1. The third-order valence-corrected chi connectivity index (χ3v) is 6.00. The first-order chi connectivity index (χ1) is 13.1. The summed E-state index contributed by atoms with van der Waals surface area (Å²) in [4.78, 5) is 17.0. The number of nitrogens with zero attached hydrogens (tertiary/aromatic N) is 2. The van der Waals surface area contributed by atoms with Gasteiger partial charge in [-0.25, -0.2) is 0 Å². The molecule has 27 heavy (non-hydrogen) atoms. The Morgan fingerprint density at radius 1 is 1.07 bits per heavy atom. The number of hydrogen-bond donors (Lipinski definition) is 1. The Morgan fingerprint density at radius 3 is 2.26 bits per heavy atom. The molecule has 2 aliphatic rings. The lowest BCUT2D eigenvalue weighted by atomic mass is 9.93. The fraction of sp³-hybridized carbons (Fsp3) is 0.619. The van der Waals surface area contributed by atoms with Crippen molar-refractivity contribution in [1.82, 2.24) is 9.80 Å². The smallest absolute Gasteiger partial charge is 0.225 e. The van der Waals surface area contributed by atoms with Gasteiger partial charge in [-0.15, -0.1) is 0 Å². The number of hydrogen-bond acceptors (Lipinski definition) is 3. The number of piperidine rings is 2. The Labute approximate surface area is 168 Å². The van der Waals surface area contributed by atoms with Gasteiger partial charge in [-0.05, 0) is 75.0 Å². The van der Waals surface area contributed by atoms with E-state index in [1.54, 1.807) is 0 Å². The molecule has 5 nitrogen and oxygen atoms in total. The third kappa shape index (κ3) is 5.34. The van der Waals surface area contributed by atoms with Crippen LogP contribution < -0.4 is 10.1 Å². The molecule has 0 aliphatic carbocycles. The molecule has 0 bridgehead atoms. The molecule has 0 unspecified atom stereocenters. The highest BCUT2D eigenvalue weighted by molar-refractivity contribution is 7.80. The predicted molar refractivity (Wildman–Crippen MR) is 113 cm³/mol. The zero-order valence-electron chi connectivity index (χ0n) is 16.4. The molecular formula is C21H31N3O2S. The minimum absolute atomic E-state index is 0.155. The lowest BCUT2D eigenvalue weighted by molar-refractivity contribution is -0.138. The fourth-order valence-corrected chi connectivity index (χ4v) is 4.12. The van der Waals surface area contributed by atoms with Gasteiger partial charge in [-0.3, -0.25) is 4.79 Å². The number of carbonyl (C=O) groups excluding carboxylic acids is 1. The normalized spacial score (nSPS) is 19.0. The van der Waals surface area contributed by atoms with E-state index in [0.717, 1.165) is 74.3 Å². The summed E-state index contributed by atoms with van der Waals surface area (Å²) in [5.74, 6) is 2.12. The maximum absolute atomic E-state index is 12.8. The molecule has 2 fully saturated rings. The minimum Gasteiger partial charge on any atom is -0.494 e. The maximum atomic E-state index is 12.8. The second-order valence-corrected chi connectivity index (χ2v) is 8.04. The standard InChI is InChI=1S/C21H31N3O2S/c1-3-26-19-6-4-18(5-7-19)22-21(27)24-14-10-17(11-15-24)20(25)23-12-8-16(2)9-13-23/h4-7,16-17H,3,8-15H2,1-2H3,(H,22,27). The number of carbonyl (C=O) groups is 1. The summed E-state index contributed by atoms with van der Waals surface area (Å²) < 4.78 is 5.47. The summed E-state index contributed by atoms with van der Waals surface area (Å²) in [6.07, 6.45) is 4.05. The van der Waals surface area contributed by atoms with Gasteiger partial charge in [0.05, 0.1) is 6.61 Å². The molecule has 0 aromatic heterocycles. The molecule has 6 heteroatoms. The van der Waals surface area contributed by atoms with Gasteiger partial charge < -0.3 is 19.9 Å². The van der Waals surface area contributed by atoms with Crippen LogP contribution in [0, 0.1) is 11.8 Å². The Bertz CT molecular complexity index is 633. The van der Waals surface area contributed by atoms with Crippen molar-refractivity contribution >= 4 is 28.9 Å². The second kappa shape index (κ2) is 9.40. The van der Waals surface area contributed by atoms with Crippen molar-refractivity contribution in [3.63, 3.8) is 0 Å². The molecule has 0 atom stereocenters. The molecule has 1 aromatic carbocycles. The summed E-state index contributed by atoms with van der Waals surface area (Å²) in [5.41, 5.74) is 0.962. The first kappa shape index (κ1) is 19.9. The van der Waals surface area contributed by atoms with Crippen LogP contribution in [0.4, 0.5) is 5.69 Å². The maximum Gasteiger partial charge on any atom is 0.225 e. The average molecular weight is 390 g/mol. The van der Waals surface area contributed by atoms with E-state index in [-0.39, 0.29) is 5.92 Å². The van der Waals surface area contributed by atoms with Gasteiger partial charge >= 0.3 is 0 Å². The number of ether oxygens (including phenoxy) is 1. The summed E-state index contributed by atoms with van der Waals surface area (Å²) in [7, 11) is 0. The first-order valence-electron chi connectivity index (χ1n) is 10.1. The molecule has 0 saturated carbocycles. The monoisotopic (exact) mass is 389 g/mol. The van der Waals surface area contributed by atoms with Crippen LogP contribution in [-0.2, 0) is 4.79 Å². The van der Waals surface area contributed by atoms with Crippen LogP contribution in [0.15, 0.2) is 24.3 Å². The van der Waals surface area contributed by atoms with Crippen LogP contribution in [-0.4, -0.2) is 53.6 Å². The number of anilines is 1. The lowest BCUT2D eigenvalue weighted by Gasteiger charge is -2.37. The molecule has 0 spiro atoms. The van der Waals surface area contributed by atoms with Crippen molar-refractivity contribution in [2.45, 2.75) is 39.5 Å². The van der Waals surface area contributed by atoms with Crippen LogP contribution in [0.3, 0.4) is 0 Å². The van der Waals surface area contributed by atoms with Crippen molar-refractivity contribution in [2.24, 2.45) is 11.8 Å². The lowest BCUT2D eigenvalue weighted by Crippen LogP contribution is -2.47. The minimum atomic E-state index is 0.155. The molecule has 1 amide bonds. The van der Waals surface area contributed by atoms with Crippen LogP contribution in [0.2, 0.25) is 0 Å². The van der Waals surface area contributed by atoms with Crippen LogP contribution >= 0.6 is 12.2 Å². The van der Waals surface area contributed by atoms with Crippen LogP contribution in [0.25, 0.3) is 0 Å². The van der Waals surface area contributed by atoms with Crippen molar-refractivity contribution in [1.29, 1.82) is 0 Å². The Balaban J connectivity index is 1.45. The molecule has 2 heterocycles. The van der Waals surface area contributed by atoms with Gasteiger partial charge in [-0.1, -0.05) is 6.92 Å². The zero-order valence-corrected chi connectivity index (χ0v) is 17.3. The van der Waals surface area contributed by atoms with Crippen molar-refractivity contribution in [3.05, 3.63) is 24.3 Å². The Morgan fingerprint density at radius 2 is 1.67 bits per heavy atom. The number of benzene rings is 1. The van der Waals surface area contributed by atoms with E-state index in [9.17, 15) is 4.79 Å². The van der Waals surface area contributed by atoms with E-state index in [1.165, 1.54) is 0 Å². The average Bonchev–Trinajstić information content (AvgIpc) is 2.70. The molecular weight excluding hydrogens is 358 g/mol. The van der Waals surface area contributed by atoms with Gasteiger partial charge in [0.15, 0.2) is 5.11 Å². The second-order valence-electron chi connectivity index (χ2n) is 7.66. The molecule has 1 N–H and O–H groups in total. The van der Waals surface area contributed by atoms with E-state index < -0.39 is 0 Å². The highest BCUT2D eigenvalue weighted by Crippen LogP contribution is 2.24. The number of likely N-dealkylation sites (tertiary alicyclic amines) is 2. The third-order valence-electron chi connectivity index (χ3n) is 5.64. The largest absolute Gasteiger partial charge is 0.494 e. The molecule has 1 aromatic rings. The van der Waals surface area contributed by atoms with Crippen molar-refractivity contribution < 1.29 is 9.53 Å². The summed E-state index contributed by atoms with van der Waals surface area (Å²) in [5, 5.41) is 4.03. The van der Waals surface area contributed by atoms with Crippen LogP contribution in [0.5, 0.6) is 5.75 Å². The van der Waals surface area contributed by atoms with Gasteiger partial charge in [0.1, 0.15) is 5.75 Å². The summed E-state index contributed by atoms with van der Waals surface area (Å²) >= 11 is 5.57.